The maximum absolute atomic E-state index is 12.4. The van der Waals surface area contributed by atoms with Crippen LogP contribution in [0.4, 0.5) is 5.69 Å². The molecule has 0 spiro atoms. The number of rotatable bonds is 5. The SMILES string of the molecule is Cc1noc(C)c1C(=O)Nc1ccc(CC[C@H]2CCN(C)C[C@H]2C)cc1. The van der Waals surface area contributed by atoms with E-state index in [2.05, 4.69) is 41.5 Å². The van der Waals surface area contributed by atoms with Crippen molar-refractivity contribution in [3.8, 4) is 0 Å². The van der Waals surface area contributed by atoms with Gasteiger partial charge in [-0.1, -0.05) is 24.2 Å². The molecule has 0 radical (unpaired) electrons. The number of amides is 1. The Morgan fingerprint density at radius 3 is 2.65 bits per heavy atom. The standard InChI is InChI=1S/C21H29N3O2/c1-14-13-24(4)12-11-18(14)8-5-17-6-9-19(10-7-17)22-21(25)20-15(2)23-26-16(20)3/h6-7,9-10,14,18H,5,8,11-13H2,1-4H3,(H,22,25)/t14-,18+/m1/s1. The summed E-state index contributed by atoms with van der Waals surface area (Å²) in [5.74, 6) is 1.95. The zero-order valence-corrected chi connectivity index (χ0v) is 16.2. The number of benzene rings is 1. The van der Waals surface area contributed by atoms with Gasteiger partial charge in [0.15, 0.2) is 0 Å². The minimum atomic E-state index is -0.172. The van der Waals surface area contributed by atoms with E-state index >= 15 is 0 Å². The van der Waals surface area contributed by atoms with Crippen LogP contribution < -0.4 is 5.32 Å². The second-order valence-electron chi connectivity index (χ2n) is 7.68. The minimum Gasteiger partial charge on any atom is -0.361 e. The third-order valence-corrected chi connectivity index (χ3v) is 5.56. The average Bonchev–Trinajstić information content (AvgIpc) is 2.94. The first-order valence-corrected chi connectivity index (χ1v) is 9.45. The van der Waals surface area contributed by atoms with E-state index in [1.54, 1.807) is 13.8 Å². The molecule has 1 aliphatic heterocycles. The number of nitrogens with one attached hydrogen (secondary N) is 1. The number of nitrogens with zero attached hydrogens (tertiary/aromatic N) is 2. The van der Waals surface area contributed by atoms with Crippen LogP contribution in [-0.2, 0) is 6.42 Å². The van der Waals surface area contributed by atoms with Gasteiger partial charge in [0, 0.05) is 12.2 Å². The molecule has 140 valence electrons. The van der Waals surface area contributed by atoms with Crippen LogP contribution in [0, 0.1) is 25.7 Å². The van der Waals surface area contributed by atoms with E-state index in [1.807, 2.05) is 12.1 Å². The fraction of sp³-hybridized carbons (Fsp3) is 0.524. The summed E-state index contributed by atoms with van der Waals surface area (Å²) >= 11 is 0. The Morgan fingerprint density at radius 1 is 1.31 bits per heavy atom. The van der Waals surface area contributed by atoms with Crippen molar-refractivity contribution in [2.45, 2.75) is 40.0 Å². The molecule has 0 saturated carbocycles. The smallest absolute Gasteiger partial charge is 0.261 e. The Kier molecular flexibility index (Phi) is 5.77. The van der Waals surface area contributed by atoms with Crippen LogP contribution >= 0.6 is 0 Å². The third kappa shape index (κ3) is 4.33. The summed E-state index contributed by atoms with van der Waals surface area (Å²) in [6, 6.07) is 8.18. The van der Waals surface area contributed by atoms with Gasteiger partial charge in [-0.3, -0.25) is 4.79 Å². The van der Waals surface area contributed by atoms with Gasteiger partial charge in [-0.2, -0.15) is 0 Å². The molecule has 1 aromatic heterocycles. The molecule has 0 bridgehead atoms. The average molecular weight is 355 g/mol. The first-order valence-electron chi connectivity index (χ1n) is 9.45. The number of anilines is 1. The minimum absolute atomic E-state index is 0.172. The van der Waals surface area contributed by atoms with Crippen LogP contribution in [0.1, 0.15) is 47.1 Å². The number of hydrogen-bond donors (Lipinski definition) is 1. The highest BCUT2D eigenvalue weighted by molar-refractivity contribution is 6.05. The number of carbonyl (C=O) groups is 1. The predicted octanol–water partition coefficient (Wildman–Crippen LogP) is 4.06. The zero-order chi connectivity index (χ0) is 18.7. The van der Waals surface area contributed by atoms with Crippen molar-refractivity contribution in [1.82, 2.24) is 10.1 Å². The van der Waals surface area contributed by atoms with Crippen molar-refractivity contribution in [3.63, 3.8) is 0 Å². The molecule has 2 atom stereocenters. The maximum Gasteiger partial charge on any atom is 0.261 e. The van der Waals surface area contributed by atoms with Crippen molar-refractivity contribution < 1.29 is 9.32 Å². The Bertz CT molecular complexity index is 732. The van der Waals surface area contributed by atoms with E-state index in [1.165, 1.54) is 31.5 Å². The maximum atomic E-state index is 12.4. The van der Waals surface area contributed by atoms with E-state index in [0.717, 1.165) is 23.9 Å². The molecule has 1 aromatic carbocycles. The van der Waals surface area contributed by atoms with Gasteiger partial charge >= 0.3 is 0 Å². The van der Waals surface area contributed by atoms with Gasteiger partial charge in [0.2, 0.25) is 0 Å². The predicted molar refractivity (Wildman–Crippen MR) is 103 cm³/mol. The van der Waals surface area contributed by atoms with E-state index < -0.39 is 0 Å². The molecular weight excluding hydrogens is 326 g/mol. The summed E-state index contributed by atoms with van der Waals surface area (Å²) in [5, 5.41) is 6.76. The van der Waals surface area contributed by atoms with Crippen molar-refractivity contribution in [3.05, 3.63) is 46.8 Å². The summed E-state index contributed by atoms with van der Waals surface area (Å²) in [6.45, 7) is 8.31. The van der Waals surface area contributed by atoms with Gasteiger partial charge in [0.25, 0.3) is 5.91 Å². The topological polar surface area (TPSA) is 58.4 Å². The fourth-order valence-electron chi connectivity index (χ4n) is 3.94. The molecule has 1 fully saturated rings. The summed E-state index contributed by atoms with van der Waals surface area (Å²) in [4.78, 5) is 14.8. The lowest BCUT2D eigenvalue weighted by Crippen LogP contribution is -2.36. The molecule has 2 aromatic rings. The summed E-state index contributed by atoms with van der Waals surface area (Å²) < 4.78 is 5.06. The largest absolute Gasteiger partial charge is 0.361 e. The van der Waals surface area contributed by atoms with Crippen molar-refractivity contribution in [1.29, 1.82) is 0 Å². The third-order valence-electron chi connectivity index (χ3n) is 5.56. The first kappa shape index (κ1) is 18.6. The molecule has 0 unspecified atom stereocenters. The van der Waals surface area contributed by atoms with Gasteiger partial charge in [-0.25, -0.2) is 0 Å². The van der Waals surface area contributed by atoms with Crippen LogP contribution in [0.25, 0.3) is 0 Å². The molecule has 0 aliphatic carbocycles. The molecule has 5 nitrogen and oxygen atoms in total. The van der Waals surface area contributed by atoms with Crippen LogP contribution in [-0.4, -0.2) is 36.1 Å². The summed E-state index contributed by atoms with van der Waals surface area (Å²) in [7, 11) is 2.21. The molecule has 26 heavy (non-hydrogen) atoms. The van der Waals surface area contributed by atoms with Gasteiger partial charge in [-0.05, 0) is 76.2 Å². The quantitative estimate of drug-likeness (QED) is 0.878. The number of aromatic nitrogens is 1. The Balaban J connectivity index is 1.54. The normalized spacial score (nSPS) is 20.9. The molecule has 1 N–H and O–H groups in total. The molecule has 1 aliphatic rings. The molecule has 3 rings (SSSR count). The van der Waals surface area contributed by atoms with Crippen LogP contribution in [0.3, 0.4) is 0 Å². The number of likely N-dealkylation sites (tertiary alicyclic amines) is 1. The van der Waals surface area contributed by atoms with Crippen molar-refractivity contribution in [2.75, 3.05) is 25.5 Å². The highest BCUT2D eigenvalue weighted by Gasteiger charge is 2.23. The van der Waals surface area contributed by atoms with E-state index in [0.29, 0.717) is 17.0 Å². The molecule has 2 heterocycles. The van der Waals surface area contributed by atoms with Crippen LogP contribution in [0.5, 0.6) is 0 Å². The number of carbonyl (C=O) groups excluding carboxylic acids is 1. The van der Waals surface area contributed by atoms with Gasteiger partial charge in [-0.15, -0.1) is 0 Å². The van der Waals surface area contributed by atoms with Gasteiger partial charge < -0.3 is 14.7 Å². The van der Waals surface area contributed by atoms with Gasteiger partial charge in [0.1, 0.15) is 11.3 Å². The highest BCUT2D eigenvalue weighted by Crippen LogP contribution is 2.27. The molecular formula is C21H29N3O2. The highest BCUT2D eigenvalue weighted by atomic mass is 16.5. The lowest BCUT2D eigenvalue weighted by Gasteiger charge is -2.34. The van der Waals surface area contributed by atoms with E-state index in [9.17, 15) is 4.79 Å². The fourth-order valence-corrected chi connectivity index (χ4v) is 3.94. The summed E-state index contributed by atoms with van der Waals surface area (Å²) in [5.41, 5.74) is 3.26. The van der Waals surface area contributed by atoms with E-state index in [-0.39, 0.29) is 5.91 Å². The Morgan fingerprint density at radius 2 is 2.04 bits per heavy atom. The number of piperidine rings is 1. The van der Waals surface area contributed by atoms with Crippen molar-refractivity contribution in [2.24, 2.45) is 11.8 Å². The lowest BCUT2D eigenvalue weighted by atomic mass is 9.83. The second kappa shape index (κ2) is 8.04. The Labute approximate surface area is 155 Å². The zero-order valence-electron chi connectivity index (χ0n) is 16.2. The Hall–Kier alpha value is -2.14. The lowest BCUT2D eigenvalue weighted by molar-refractivity contribution is 0.102. The molecule has 5 heteroatoms. The molecule has 1 saturated heterocycles. The van der Waals surface area contributed by atoms with Crippen LogP contribution in [0.15, 0.2) is 28.8 Å². The van der Waals surface area contributed by atoms with E-state index in [4.69, 9.17) is 4.52 Å². The number of hydrogen-bond acceptors (Lipinski definition) is 4. The van der Waals surface area contributed by atoms with Gasteiger partial charge in [0.05, 0.1) is 5.69 Å². The van der Waals surface area contributed by atoms with Crippen LogP contribution in [0.2, 0.25) is 0 Å². The second-order valence-corrected chi connectivity index (χ2v) is 7.68. The van der Waals surface area contributed by atoms with Crippen molar-refractivity contribution >= 4 is 11.6 Å². The number of aryl methyl sites for hydroxylation is 3. The first-order chi connectivity index (χ1) is 12.4. The summed E-state index contributed by atoms with van der Waals surface area (Å²) in [6.07, 6.45) is 3.62. The monoisotopic (exact) mass is 355 g/mol. The molecule has 1 amide bonds.